The monoisotopic (exact) mass is 482 g/mol. The van der Waals surface area contributed by atoms with Gasteiger partial charge in [-0.3, -0.25) is 24.3 Å². The summed E-state index contributed by atoms with van der Waals surface area (Å²) in [5.74, 6) is -0.493. The summed E-state index contributed by atoms with van der Waals surface area (Å²) in [6, 6.07) is 12.8. The van der Waals surface area contributed by atoms with Crippen LogP contribution in [0.2, 0.25) is 5.02 Å². The number of rotatable bonds is 7. The summed E-state index contributed by atoms with van der Waals surface area (Å²) in [5.41, 5.74) is 2.89. The zero-order valence-electron chi connectivity index (χ0n) is 18.3. The Bertz CT molecular complexity index is 1360. The first kappa shape index (κ1) is 23.1. The second-order valence-corrected chi connectivity index (χ2v) is 8.14. The van der Waals surface area contributed by atoms with Crippen LogP contribution in [0.15, 0.2) is 54.7 Å². The number of carbonyl (C=O) groups is 1. The highest BCUT2D eigenvalue weighted by Crippen LogP contribution is 2.23. The Morgan fingerprint density at radius 2 is 1.68 bits per heavy atom. The molecule has 34 heavy (non-hydrogen) atoms. The van der Waals surface area contributed by atoms with Crippen LogP contribution in [0.1, 0.15) is 32.9 Å². The molecule has 0 saturated carbocycles. The van der Waals surface area contributed by atoms with Crippen LogP contribution in [0.5, 0.6) is 0 Å². The smallest absolute Gasteiger partial charge is 0.304 e. The Labute approximate surface area is 198 Å². The predicted molar refractivity (Wildman–Crippen MR) is 125 cm³/mol. The van der Waals surface area contributed by atoms with Gasteiger partial charge in [0.05, 0.1) is 18.0 Å². The van der Waals surface area contributed by atoms with Crippen molar-refractivity contribution in [3.63, 3.8) is 0 Å². The zero-order chi connectivity index (χ0) is 24.4. The van der Waals surface area contributed by atoms with Gasteiger partial charge in [0.25, 0.3) is 5.91 Å². The van der Waals surface area contributed by atoms with Crippen molar-refractivity contribution < 1.29 is 14.1 Å². The van der Waals surface area contributed by atoms with Gasteiger partial charge in [0, 0.05) is 11.8 Å². The lowest BCUT2D eigenvalue weighted by Gasteiger charge is -2.06. The third kappa shape index (κ3) is 4.96. The average molecular weight is 483 g/mol. The van der Waals surface area contributed by atoms with Gasteiger partial charge in [-0.1, -0.05) is 35.9 Å². The summed E-state index contributed by atoms with van der Waals surface area (Å²) in [5, 5.41) is 22.7. The summed E-state index contributed by atoms with van der Waals surface area (Å²) >= 11 is 6.22. The number of amides is 1. The molecule has 4 rings (SSSR count). The number of nitrogens with zero attached hydrogens (tertiary/aromatic N) is 5. The van der Waals surface area contributed by atoms with E-state index in [1.54, 1.807) is 65.8 Å². The summed E-state index contributed by atoms with van der Waals surface area (Å²) in [4.78, 5) is 23.4. The van der Waals surface area contributed by atoms with Crippen LogP contribution in [0.4, 0.5) is 15.9 Å². The molecule has 0 unspecified atom stereocenters. The number of aromatic nitrogens is 4. The highest BCUT2D eigenvalue weighted by molar-refractivity contribution is 6.33. The van der Waals surface area contributed by atoms with E-state index in [-0.39, 0.29) is 28.3 Å². The molecule has 2 aromatic heterocycles. The van der Waals surface area contributed by atoms with Gasteiger partial charge in [-0.05, 0) is 49.2 Å². The maximum absolute atomic E-state index is 13.1. The molecule has 174 valence electrons. The Balaban J connectivity index is 1.42. The Morgan fingerprint density at radius 3 is 2.29 bits per heavy atom. The summed E-state index contributed by atoms with van der Waals surface area (Å²) < 4.78 is 16.2. The number of halogens is 2. The lowest BCUT2D eigenvalue weighted by molar-refractivity contribution is -0.386. The maximum Gasteiger partial charge on any atom is 0.312 e. The molecule has 1 N–H and O–H groups in total. The third-order valence-corrected chi connectivity index (χ3v) is 5.56. The first-order valence-electron chi connectivity index (χ1n) is 10.3. The number of nitro groups is 1. The first-order valence-corrected chi connectivity index (χ1v) is 10.6. The number of anilines is 1. The molecular formula is C23H20ClFN6O3. The third-order valence-electron chi connectivity index (χ3n) is 5.28. The molecule has 11 heteroatoms. The van der Waals surface area contributed by atoms with Gasteiger partial charge in [-0.25, -0.2) is 4.39 Å². The number of carbonyl (C=O) groups excluding carboxylic acids is 1. The summed E-state index contributed by atoms with van der Waals surface area (Å²) in [6.07, 6.45) is 1.58. The number of benzene rings is 2. The van der Waals surface area contributed by atoms with Crippen molar-refractivity contribution in [2.45, 2.75) is 26.9 Å². The average Bonchev–Trinajstić information content (AvgIpc) is 3.27. The van der Waals surface area contributed by atoms with E-state index in [0.717, 1.165) is 11.1 Å². The number of hydrogen-bond donors (Lipinski definition) is 1. The van der Waals surface area contributed by atoms with Crippen LogP contribution in [0.25, 0.3) is 0 Å². The second kappa shape index (κ2) is 9.44. The lowest BCUT2D eigenvalue weighted by atomic mass is 10.1. The fraction of sp³-hybridized carbons (Fsp3) is 0.174. The summed E-state index contributed by atoms with van der Waals surface area (Å²) in [6.45, 7) is 3.96. The minimum absolute atomic E-state index is 0.00624. The van der Waals surface area contributed by atoms with Crippen molar-refractivity contribution in [3.05, 3.63) is 104 Å². The molecule has 0 fully saturated rings. The highest BCUT2D eigenvalue weighted by Gasteiger charge is 2.21. The SMILES string of the molecule is Cc1nn(Cc2ccc(C(=O)Nc3nn(Cc4ccc(F)cc4)cc3Cl)cc2)c(C)c1[N+](=O)[O-]. The van der Waals surface area contributed by atoms with Crippen molar-refractivity contribution >= 4 is 29.0 Å². The number of hydrogen-bond acceptors (Lipinski definition) is 5. The topological polar surface area (TPSA) is 108 Å². The molecule has 9 nitrogen and oxygen atoms in total. The molecule has 0 aliphatic carbocycles. The van der Waals surface area contributed by atoms with Crippen LogP contribution < -0.4 is 5.32 Å². The molecule has 1 amide bonds. The Kier molecular flexibility index (Phi) is 6.42. The van der Waals surface area contributed by atoms with Gasteiger partial charge in [0.2, 0.25) is 0 Å². The normalized spacial score (nSPS) is 10.9. The van der Waals surface area contributed by atoms with Crippen molar-refractivity contribution in [2.24, 2.45) is 0 Å². The molecule has 0 aliphatic heterocycles. The van der Waals surface area contributed by atoms with E-state index in [2.05, 4.69) is 15.5 Å². The standard InChI is InChI=1S/C23H20ClFN6O3/c1-14-21(31(33)34)15(2)30(27-14)12-17-3-7-18(8-4-17)23(32)26-22-20(24)13-29(28-22)11-16-5-9-19(25)10-6-16/h3-10,13H,11-12H2,1-2H3,(H,26,28,32). The number of aryl methyl sites for hydroxylation is 1. The molecule has 0 bridgehead atoms. The molecule has 2 heterocycles. The maximum atomic E-state index is 13.1. The Morgan fingerprint density at radius 1 is 1.06 bits per heavy atom. The molecule has 0 radical (unpaired) electrons. The molecule has 0 saturated heterocycles. The first-order chi connectivity index (χ1) is 16.2. The van der Waals surface area contributed by atoms with Gasteiger partial charge in [0.1, 0.15) is 22.2 Å². The minimum Gasteiger partial charge on any atom is -0.304 e. The van der Waals surface area contributed by atoms with Crippen LogP contribution in [0.3, 0.4) is 0 Å². The molecule has 4 aromatic rings. The van der Waals surface area contributed by atoms with E-state index < -0.39 is 4.92 Å². The van der Waals surface area contributed by atoms with Crippen molar-refractivity contribution in [3.8, 4) is 0 Å². The van der Waals surface area contributed by atoms with E-state index in [9.17, 15) is 19.3 Å². The molecular weight excluding hydrogens is 463 g/mol. The number of nitrogens with one attached hydrogen (secondary N) is 1. The predicted octanol–water partition coefficient (Wildman–Crippen LogP) is 4.75. The van der Waals surface area contributed by atoms with Gasteiger partial charge < -0.3 is 5.32 Å². The second-order valence-electron chi connectivity index (χ2n) is 7.73. The molecule has 0 spiro atoms. The van der Waals surface area contributed by atoms with Gasteiger partial charge in [-0.2, -0.15) is 10.2 Å². The minimum atomic E-state index is -0.437. The van der Waals surface area contributed by atoms with E-state index in [1.807, 2.05) is 0 Å². The Hall–Kier alpha value is -4.05. The fourth-order valence-corrected chi connectivity index (χ4v) is 3.76. The van der Waals surface area contributed by atoms with Crippen molar-refractivity contribution in [1.82, 2.24) is 19.6 Å². The van der Waals surface area contributed by atoms with E-state index in [4.69, 9.17) is 11.6 Å². The quantitative estimate of drug-likeness (QED) is 0.302. The highest BCUT2D eigenvalue weighted by atomic mass is 35.5. The van der Waals surface area contributed by atoms with E-state index in [0.29, 0.717) is 30.0 Å². The van der Waals surface area contributed by atoms with Gasteiger partial charge in [-0.15, -0.1) is 0 Å². The van der Waals surface area contributed by atoms with Crippen LogP contribution in [-0.2, 0) is 13.1 Å². The fourth-order valence-electron chi connectivity index (χ4n) is 3.56. The van der Waals surface area contributed by atoms with Gasteiger partial charge >= 0.3 is 5.69 Å². The summed E-state index contributed by atoms with van der Waals surface area (Å²) in [7, 11) is 0. The van der Waals surface area contributed by atoms with Crippen LogP contribution >= 0.6 is 11.6 Å². The van der Waals surface area contributed by atoms with E-state index in [1.165, 1.54) is 12.1 Å². The molecule has 0 atom stereocenters. The van der Waals surface area contributed by atoms with Crippen molar-refractivity contribution in [2.75, 3.05) is 5.32 Å². The lowest BCUT2D eigenvalue weighted by Crippen LogP contribution is -2.13. The van der Waals surface area contributed by atoms with Crippen LogP contribution in [0, 0.1) is 29.8 Å². The van der Waals surface area contributed by atoms with E-state index >= 15 is 0 Å². The zero-order valence-corrected chi connectivity index (χ0v) is 19.1. The van der Waals surface area contributed by atoms with Crippen molar-refractivity contribution in [1.29, 1.82) is 0 Å². The molecule has 2 aromatic carbocycles. The van der Waals surface area contributed by atoms with Gasteiger partial charge in [0.15, 0.2) is 5.82 Å². The largest absolute Gasteiger partial charge is 0.312 e. The molecule has 0 aliphatic rings. The van der Waals surface area contributed by atoms with Crippen LogP contribution in [-0.4, -0.2) is 30.4 Å².